The topological polar surface area (TPSA) is 60.9 Å². The molecule has 0 radical (unpaired) electrons. The van der Waals surface area contributed by atoms with Crippen LogP contribution in [0.1, 0.15) is 48.4 Å². The molecule has 2 aliphatic rings. The molecule has 1 atom stereocenters. The first-order chi connectivity index (χ1) is 12.2. The minimum Gasteiger partial charge on any atom is -0.480 e. The molecule has 1 N–H and O–H groups in total. The second-order valence-corrected chi connectivity index (χ2v) is 8.36. The molecule has 0 saturated carbocycles. The van der Waals surface area contributed by atoms with Gasteiger partial charge in [0.05, 0.1) is 0 Å². The van der Waals surface area contributed by atoms with E-state index < -0.39 is 12.0 Å². The van der Waals surface area contributed by atoms with E-state index in [1.165, 1.54) is 29.2 Å². The van der Waals surface area contributed by atoms with Gasteiger partial charge in [-0.3, -0.25) is 9.69 Å². The number of aliphatic carboxylic acids is 1. The van der Waals surface area contributed by atoms with E-state index in [2.05, 4.69) is 37.8 Å². The number of carbonyl (C=O) groups is 2. The van der Waals surface area contributed by atoms with E-state index in [4.69, 9.17) is 0 Å². The van der Waals surface area contributed by atoms with Gasteiger partial charge in [0.25, 0.3) is 0 Å². The maximum absolute atomic E-state index is 11.8. The Labute approximate surface area is 156 Å². The van der Waals surface area contributed by atoms with Gasteiger partial charge in [-0.05, 0) is 75.2 Å². The molecule has 2 aliphatic heterocycles. The van der Waals surface area contributed by atoms with Gasteiger partial charge in [-0.2, -0.15) is 0 Å². The number of rotatable bonds is 3. The van der Waals surface area contributed by atoms with E-state index in [0.29, 0.717) is 13.0 Å². The quantitative estimate of drug-likeness (QED) is 0.902. The van der Waals surface area contributed by atoms with Crippen molar-refractivity contribution in [3.05, 3.63) is 34.4 Å². The van der Waals surface area contributed by atoms with Crippen molar-refractivity contribution in [1.82, 2.24) is 9.80 Å². The summed E-state index contributed by atoms with van der Waals surface area (Å²) in [4.78, 5) is 27.4. The van der Waals surface area contributed by atoms with Gasteiger partial charge in [0.1, 0.15) is 6.04 Å². The Bertz CT molecular complexity index is 673. The van der Waals surface area contributed by atoms with Crippen molar-refractivity contribution >= 4 is 11.9 Å². The highest BCUT2D eigenvalue weighted by Crippen LogP contribution is 2.43. The third-order valence-corrected chi connectivity index (χ3v) is 6.34. The molecule has 2 fully saturated rings. The molecule has 1 amide bonds. The number of carboxylic acids is 1. The summed E-state index contributed by atoms with van der Waals surface area (Å²) < 4.78 is 0. The van der Waals surface area contributed by atoms with Crippen molar-refractivity contribution in [2.24, 2.45) is 5.41 Å². The predicted octanol–water partition coefficient (Wildman–Crippen LogP) is 2.90. The number of carboxylic acid groups (broad SMARTS) is 1. The summed E-state index contributed by atoms with van der Waals surface area (Å²) in [6.45, 7) is 11.4. The van der Waals surface area contributed by atoms with E-state index in [0.717, 1.165) is 32.5 Å². The van der Waals surface area contributed by atoms with Crippen LogP contribution < -0.4 is 0 Å². The summed E-state index contributed by atoms with van der Waals surface area (Å²) in [5.41, 5.74) is 5.38. The average Bonchev–Trinajstić information content (AvgIpc) is 2.93. The predicted molar refractivity (Wildman–Crippen MR) is 101 cm³/mol. The summed E-state index contributed by atoms with van der Waals surface area (Å²) >= 11 is 0. The second kappa shape index (κ2) is 7.03. The number of amides is 1. The summed E-state index contributed by atoms with van der Waals surface area (Å²) in [6.07, 6.45) is 2.52. The molecule has 2 heterocycles. The van der Waals surface area contributed by atoms with Gasteiger partial charge in [0.15, 0.2) is 0 Å². The Balaban J connectivity index is 1.66. The number of carbonyl (C=O) groups excluding carboxylic acids is 1. The highest BCUT2D eigenvalue weighted by atomic mass is 16.4. The van der Waals surface area contributed by atoms with Crippen LogP contribution in [-0.2, 0) is 16.1 Å². The third kappa shape index (κ3) is 3.63. The van der Waals surface area contributed by atoms with Crippen molar-refractivity contribution in [3.8, 4) is 0 Å². The molecule has 0 bridgehead atoms. The highest BCUT2D eigenvalue weighted by Gasteiger charge is 2.49. The van der Waals surface area contributed by atoms with Gasteiger partial charge in [0, 0.05) is 20.0 Å². The zero-order valence-electron chi connectivity index (χ0n) is 16.3. The molecule has 1 aromatic carbocycles. The van der Waals surface area contributed by atoms with Crippen molar-refractivity contribution in [3.63, 3.8) is 0 Å². The SMILES string of the molecule is CC(=O)N1CC2(CCN(Cc3c(C)cc(C)cc3C)CC2)CC1C(=O)O. The Morgan fingerprint density at radius 2 is 1.73 bits per heavy atom. The standard InChI is InChI=1S/C21H30N2O3/c1-14-9-15(2)18(16(3)10-14)12-22-7-5-21(6-8-22)11-19(20(25)26)23(13-21)17(4)24/h9-10,19H,5-8,11-13H2,1-4H3,(H,25,26). The van der Waals surface area contributed by atoms with Crippen molar-refractivity contribution in [2.75, 3.05) is 19.6 Å². The van der Waals surface area contributed by atoms with Gasteiger partial charge in [-0.15, -0.1) is 0 Å². The average molecular weight is 358 g/mol. The molecular formula is C21H30N2O3. The maximum atomic E-state index is 11.8. The molecule has 26 heavy (non-hydrogen) atoms. The number of piperidine rings is 1. The van der Waals surface area contributed by atoms with Gasteiger partial charge in [-0.1, -0.05) is 17.7 Å². The van der Waals surface area contributed by atoms with E-state index in [1.54, 1.807) is 4.90 Å². The van der Waals surface area contributed by atoms with Gasteiger partial charge in [-0.25, -0.2) is 4.79 Å². The fourth-order valence-electron chi connectivity index (χ4n) is 4.84. The lowest BCUT2D eigenvalue weighted by Gasteiger charge is -2.39. The largest absolute Gasteiger partial charge is 0.480 e. The Hall–Kier alpha value is -1.88. The first-order valence-corrected chi connectivity index (χ1v) is 9.50. The minimum absolute atomic E-state index is 0.0252. The molecule has 0 aromatic heterocycles. The van der Waals surface area contributed by atoms with Crippen LogP contribution in [0.2, 0.25) is 0 Å². The van der Waals surface area contributed by atoms with Crippen LogP contribution in [0.3, 0.4) is 0 Å². The van der Waals surface area contributed by atoms with Crippen LogP contribution >= 0.6 is 0 Å². The van der Waals surface area contributed by atoms with E-state index in [9.17, 15) is 14.7 Å². The van der Waals surface area contributed by atoms with Crippen LogP contribution in [0.5, 0.6) is 0 Å². The highest BCUT2D eigenvalue weighted by molar-refractivity contribution is 5.83. The summed E-state index contributed by atoms with van der Waals surface area (Å²) in [6, 6.07) is 3.83. The van der Waals surface area contributed by atoms with Crippen LogP contribution in [0.15, 0.2) is 12.1 Å². The summed E-state index contributed by atoms with van der Waals surface area (Å²) in [5.74, 6) is -0.993. The molecule has 5 heteroatoms. The lowest BCUT2D eigenvalue weighted by atomic mass is 9.76. The summed E-state index contributed by atoms with van der Waals surface area (Å²) in [7, 11) is 0. The maximum Gasteiger partial charge on any atom is 0.326 e. The van der Waals surface area contributed by atoms with Crippen LogP contribution in [0.25, 0.3) is 0 Å². The number of aryl methyl sites for hydroxylation is 3. The van der Waals surface area contributed by atoms with Crippen LogP contribution in [-0.4, -0.2) is 52.5 Å². The first-order valence-electron chi connectivity index (χ1n) is 9.50. The molecule has 0 aliphatic carbocycles. The van der Waals surface area contributed by atoms with Crippen LogP contribution in [0.4, 0.5) is 0 Å². The molecule has 1 unspecified atom stereocenters. The number of hydrogen-bond donors (Lipinski definition) is 1. The third-order valence-electron chi connectivity index (χ3n) is 6.34. The summed E-state index contributed by atoms with van der Waals surface area (Å²) in [5, 5.41) is 9.47. The van der Waals surface area contributed by atoms with Gasteiger partial charge in [0.2, 0.25) is 5.91 Å². The molecule has 1 aromatic rings. The zero-order chi connectivity index (χ0) is 19.1. The number of benzene rings is 1. The molecule has 142 valence electrons. The lowest BCUT2D eigenvalue weighted by Crippen LogP contribution is -2.42. The van der Waals surface area contributed by atoms with E-state index >= 15 is 0 Å². The van der Waals surface area contributed by atoms with Crippen LogP contribution in [0, 0.1) is 26.2 Å². The van der Waals surface area contributed by atoms with Gasteiger partial charge < -0.3 is 10.0 Å². The number of likely N-dealkylation sites (tertiary alicyclic amines) is 2. The van der Waals surface area contributed by atoms with E-state index in [-0.39, 0.29) is 11.3 Å². The Morgan fingerprint density at radius 3 is 2.19 bits per heavy atom. The smallest absolute Gasteiger partial charge is 0.326 e. The van der Waals surface area contributed by atoms with Crippen molar-refractivity contribution < 1.29 is 14.7 Å². The second-order valence-electron chi connectivity index (χ2n) is 8.36. The molecule has 1 spiro atoms. The minimum atomic E-state index is -0.870. The Morgan fingerprint density at radius 1 is 1.15 bits per heavy atom. The van der Waals surface area contributed by atoms with E-state index in [1.807, 2.05) is 0 Å². The monoisotopic (exact) mass is 358 g/mol. The van der Waals surface area contributed by atoms with Crippen molar-refractivity contribution in [2.45, 2.75) is 59.5 Å². The molecule has 2 saturated heterocycles. The Kier molecular flexibility index (Phi) is 5.11. The van der Waals surface area contributed by atoms with Crippen molar-refractivity contribution in [1.29, 1.82) is 0 Å². The zero-order valence-corrected chi connectivity index (χ0v) is 16.3. The number of hydrogen-bond acceptors (Lipinski definition) is 3. The lowest BCUT2D eigenvalue weighted by molar-refractivity contribution is -0.147. The number of nitrogens with zero attached hydrogens (tertiary/aromatic N) is 2. The first kappa shape index (κ1) is 18.9. The normalized spacial score (nSPS) is 22.8. The fraction of sp³-hybridized carbons (Fsp3) is 0.619. The molecule has 3 rings (SSSR count). The molecular weight excluding hydrogens is 328 g/mol. The van der Waals surface area contributed by atoms with Gasteiger partial charge >= 0.3 is 5.97 Å². The molecule has 5 nitrogen and oxygen atoms in total. The fourth-order valence-corrected chi connectivity index (χ4v) is 4.84.